The van der Waals surface area contributed by atoms with Crippen LogP contribution in [0.2, 0.25) is 0 Å². The Labute approximate surface area is 467 Å². The van der Waals surface area contributed by atoms with Crippen LogP contribution in [0.15, 0.2) is 60.8 Å². The largest absolute Gasteiger partial charge is 0.466 e. The number of hydrogen-bond donors (Lipinski definition) is 3. The monoisotopic (exact) mass is 1050 g/mol. The molecule has 438 valence electrons. The molecule has 75 heavy (non-hydrogen) atoms. The van der Waals surface area contributed by atoms with Gasteiger partial charge in [-0.15, -0.1) is 0 Å². The summed E-state index contributed by atoms with van der Waals surface area (Å²) in [6.45, 7) is 4.84. The normalized spacial score (nSPS) is 13.0. The van der Waals surface area contributed by atoms with Crippen molar-refractivity contribution in [2.45, 2.75) is 353 Å². The summed E-state index contributed by atoms with van der Waals surface area (Å²) >= 11 is 0. The molecule has 0 heterocycles. The molecular weight excluding hydrogens is 923 g/mol. The zero-order valence-electron chi connectivity index (χ0n) is 50.0. The Morgan fingerprint density at radius 1 is 0.373 bits per heavy atom. The smallest absolute Gasteiger partial charge is 0.305 e. The Bertz CT molecular complexity index is 1300. The van der Waals surface area contributed by atoms with Crippen LogP contribution in [0.25, 0.3) is 0 Å². The predicted octanol–water partition coefficient (Wildman–Crippen LogP) is 21.1. The number of carbonyl (C=O) groups is 2. The van der Waals surface area contributed by atoms with E-state index in [2.05, 4.69) is 67.8 Å². The van der Waals surface area contributed by atoms with Crippen molar-refractivity contribution in [3.8, 4) is 0 Å². The van der Waals surface area contributed by atoms with Gasteiger partial charge in [-0.2, -0.15) is 0 Å². The quantitative estimate of drug-likeness (QED) is 0.0320. The van der Waals surface area contributed by atoms with Crippen LogP contribution in [0.4, 0.5) is 0 Å². The van der Waals surface area contributed by atoms with Crippen LogP contribution in [0.1, 0.15) is 341 Å². The summed E-state index contributed by atoms with van der Waals surface area (Å²) in [6, 6.07) is -0.630. The van der Waals surface area contributed by atoms with Crippen molar-refractivity contribution in [1.29, 1.82) is 0 Å². The number of nitrogens with one attached hydrogen (secondary N) is 1. The Morgan fingerprint density at radius 2 is 0.693 bits per heavy atom. The number of aliphatic hydroxyl groups excluding tert-OH is 2. The Balaban J connectivity index is 3.44. The molecule has 6 heteroatoms. The highest BCUT2D eigenvalue weighted by Crippen LogP contribution is 2.17. The minimum Gasteiger partial charge on any atom is -0.466 e. The average Bonchev–Trinajstić information content (AvgIpc) is 3.41. The highest BCUT2D eigenvalue weighted by atomic mass is 16.5. The molecule has 0 saturated heterocycles. The number of amides is 1. The van der Waals surface area contributed by atoms with Gasteiger partial charge in [-0.1, -0.05) is 299 Å². The molecule has 0 aromatic rings. The van der Waals surface area contributed by atoms with Gasteiger partial charge in [0, 0.05) is 12.8 Å². The molecule has 1 amide bonds. The molecule has 0 aromatic carbocycles. The van der Waals surface area contributed by atoms with Gasteiger partial charge < -0.3 is 20.3 Å². The van der Waals surface area contributed by atoms with Gasteiger partial charge in [-0.25, -0.2) is 0 Å². The summed E-state index contributed by atoms with van der Waals surface area (Å²) in [7, 11) is 0. The van der Waals surface area contributed by atoms with Crippen LogP contribution in [-0.2, 0) is 14.3 Å². The van der Waals surface area contributed by atoms with Gasteiger partial charge in [-0.05, 0) is 89.9 Å². The molecular formula is C69H127NO5. The first-order chi connectivity index (χ1) is 37.0. The van der Waals surface area contributed by atoms with E-state index in [1.165, 1.54) is 257 Å². The van der Waals surface area contributed by atoms with Gasteiger partial charge in [-0.3, -0.25) is 9.59 Å². The summed E-state index contributed by atoms with van der Waals surface area (Å²) < 4.78 is 5.47. The van der Waals surface area contributed by atoms with E-state index < -0.39 is 12.1 Å². The van der Waals surface area contributed by atoms with E-state index in [9.17, 15) is 19.8 Å². The van der Waals surface area contributed by atoms with Crippen LogP contribution >= 0.6 is 0 Å². The van der Waals surface area contributed by atoms with Crippen molar-refractivity contribution >= 4 is 11.9 Å². The van der Waals surface area contributed by atoms with Crippen LogP contribution in [0.5, 0.6) is 0 Å². The second-order valence-electron chi connectivity index (χ2n) is 22.4. The zero-order chi connectivity index (χ0) is 54.3. The van der Waals surface area contributed by atoms with Gasteiger partial charge in [0.05, 0.1) is 25.4 Å². The first-order valence-corrected chi connectivity index (χ1v) is 33.1. The maximum atomic E-state index is 12.5. The standard InChI is InChI=1S/C69H127NO5/c1-3-5-7-9-11-13-15-17-18-34-38-41-45-49-53-57-61-67(72)66(65-71)70-68(73)62-58-54-50-46-42-39-35-32-30-28-26-24-22-20-19-21-23-25-27-29-31-33-36-40-44-48-52-56-60-64-75-69(74)63-59-55-51-47-43-37-16-14-12-10-8-6-4-2/h8,10,14,16,19,21,25,27,57,61,66-67,71-72H,3-7,9,11-13,15,17-18,20,22-24,26,28-56,58-60,62-65H2,1-2H3,(H,70,73)/b10-8-,16-14-,21-19-,27-25-,61-57+. The third kappa shape index (κ3) is 60.6. The van der Waals surface area contributed by atoms with Gasteiger partial charge in [0.25, 0.3) is 0 Å². The van der Waals surface area contributed by atoms with Gasteiger partial charge in [0.1, 0.15) is 0 Å². The minimum absolute atomic E-state index is 0.00418. The van der Waals surface area contributed by atoms with Crippen molar-refractivity contribution < 1.29 is 24.5 Å². The summed E-state index contributed by atoms with van der Waals surface area (Å²) in [6.07, 6.45) is 84.2. The first kappa shape index (κ1) is 72.6. The molecule has 0 aliphatic rings. The van der Waals surface area contributed by atoms with Crippen molar-refractivity contribution in [3.05, 3.63) is 60.8 Å². The number of unbranched alkanes of at least 4 members (excludes halogenated alkanes) is 42. The van der Waals surface area contributed by atoms with E-state index in [4.69, 9.17) is 4.74 Å². The van der Waals surface area contributed by atoms with Crippen LogP contribution in [0, 0.1) is 0 Å². The van der Waals surface area contributed by atoms with Crippen LogP contribution in [-0.4, -0.2) is 47.4 Å². The number of rotatable bonds is 61. The topological polar surface area (TPSA) is 95.9 Å². The molecule has 0 fully saturated rings. The highest BCUT2D eigenvalue weighted by Gasteiger charge is 2.18. The van der Waals surface area contributed by atoms with Gasteiger partial charge in [0.15, 0.2) is 0 Å². The van der Waals surface area contributed by atoms with Crippen molar-refractivity contribution in [1.82, 2.24) is 5.32 Å². The fourth-order valence-corrected chi connectivity index (χ4v) is 9.94. The Morgan fingerprint density at radius 3 is 1.07 bits per heavy atom. The maximum absolute atomic E-state index is 12.5. The van der Waals surface area contributed by atoms with E-state index in [1.807, 2.05) is 6.08 Å². The fourth-order valence-electron chi connectivity index (χ4n) is 9.94. The third-order valence-electron chi connectivity index (χ3n) is 15.0. The lowest BCUT2D eigenvalue weighted by Gasteiger charge is -2.20. The summed E-state index contributed by atoms with van der Waals surface area (Å²) in [5.41, 5.74) is 0. The lowest BCUT2D eigenvalue weighted by Crippen LogP contribution is -2.45. The average molecular weight is 1050 g/mol. The molecule has 0 radical (unpaired) electrons. The van der Waals surface area contributed by atoms with Crippen molar-refractivity contribution in [3.63, 3.8) is 0 Å². The third-order valence-corrected chi connectivity index (χ3v) is 15.0. The summed E-state index contributed by atoms with van der Waals surface area (Å²) in [5, 5.41) is 23.2. The molecule has 0 aromatic heterocycles. The molecule has 0 saturated carbocycles. The molecule has 0 bridgehead atoms. The lowest BCUT2D eigenvalue weighted by atomic mass is 10.0. The number of carbonyl (C=O) groups excluding carboxylic acids is 2. The predicted molar refractivity (Wildman–Crippen MR) is 328 cm³/mol. The van der Waals surface area contributed by atoms with Crippen LogP contribution < -0.4 is 5.32 Å². The first-order valence-electron chi connectivity index (χ1n) is 33.1. The van der Waals surface area contributed by atoms with Gasteiger partial charge in [0.2, 0.25) is 5.91 Å². The molecule has 2 atom stereocenters. The van der Waals surface area contributed by atoms with Crippen LogP contribution in [0.3, 0.4) is 0 Å². The summed E-state index contributed by atoms with van der Waals surface area (Å²) in [4.78, 5) is 24.5. The van der Waals surface area contributed by atoms with E-state index in [-0.39, 0.29) is 18.5 Å². The highest BCUT2D eigenvalue weighted by molar-refractivity contribution is 5.76. The minimum atomic E-state index is -0.846. The second-order valence-corrected chi connectivity index (χ2v) is 22.4. The molecule has 0 aliphatic carbocycles. The SMILES string of the molecule is CCC/C=C\C/C=C\CCCCCCCC(=O)OCCCCCCCCCCC/C=C\C/C=C\CCCCCCCCCCCCCCCC(=O)NC(CO)C(O)/C=C/CCCCCCCCCCCCCCCC. The van der Waals surface area contributed by atoms with Crippen molar-refractivity contribution in [2.75, 3.05) is 13.2 Å². The summed E-state index contributed by atoms with van der Waals surface area (Å²) in [5.74, 6) is -0.0721. The van der Waals surface area contributed by atoms with E-state index in [0.29, 0.717) is 19.4 Å². The number of ether oxygens (including phenoxy) is 1. The molecule has 0 rings (SSSR count). The molecule has 2 unspecified atom stereocenters. The number of esters is 1. The molecule has 0 spiro atoms. The lowest BCUT2D eigenvalue weighted by molar-refractivity contribution is -0.143. The van der Waals surface area contributed by atoms with Gasteiger partial charge >= 0.3 is 5.97 Å². The molecule has 0 aliphatic heterocycles. The molecule has 6 nitrogen and oxygen atoms in total. The zero-order valence-corrected chi connectivity index (χ0v) is 50.0. The Hall–Kier alpha value is -2.44. The second kappa shape index (κ2) is 64.1. The maximum Gasteiger partial charge on any atom is 0.305 e. The van der Waals surface area contributed by atoms with E-state index >= 15 is 0 Å². The Kier molecular flexibility index (Phi) is 62.0. The van der Waals surface area contributed by atoms with E-state index in [1.54, 1.807) is 6.08 Å². The van der Waals surface area contributed by atoms with Crippen molar-refractivity contribution in [2.24, 2.45) is 0 Å². The van der Waals surface area contributed by atoms with E-state index in [0.717, 1.165) is 57.8 Å². The fraction of sp³-hybridized carbons (Fsp3) is 0.826. The number of allylic oxidation sites excluding steroid dienone is 9. The molecule has 3 N–H and O–H groups in total. The number of aliphatic hydroxyl groups is 2. The number of hydrogen-bond acceptors (Lipinski definition) is 5.